The second-order valence-corrected chi connectivity index (χ2v) is 4.45. The Morgan fingerprint density at radius 1 is 1.22 bits per heavy atom. The summed E-state index contributed by atoms with van der Waals surface area (Å²) < 4.78 is 12.8. The van der Waals surface area contributed by atoms with Crippen molar-refractivity contribution in [1.82, 2.24) is 9.80 Å². The van der Waals surface area contributed by atoms with E-state index < -0.39 is 0 Å². The summed E-state index contributed by atoms with van der Waals surface area (Å²) in [6.45, 7) is 1.84. The van der Waals surface area contributed by atoms with Gasteiger partial charge < -0.3 is 15.5 Å². The van der Waals surface area contributed by atoms with Gasteiger partial charge in [0, 0.05) is 19.6 Å². The van der Waals surface area contributed by atoms with Crippen LogP contribution < -0.4 is 5.73 Å². The predicted molar refractivity (Wildman–Crippen MR) is 69.4 cm³/mol. The highest BCUT2D eigenvalue weighted by molar-refractivity contribution is 5.78. The summed E-state index contributed by atoms with van der Waals surface area (Å²) in [5.74, 6) is -0.370. The van der Waals surface area contributed by atoms with E-state index in [1.807, 2.05) is 19.0 Å². The van der Waals surface area contributed by atoms with Gasteiger partial charge in [0.1, 0.15) is 5.82 Å². The second-order valence-electron chi connectivity index (χ2n) is 4.45. The third-order valence-electron chi connectivity index (χ3n) is 2.63. The van der Waals surface area contributed by atoms with Gasteiger partial charge in [-0.2, -0.15) is 0 Å². The Morgan fingerprint density at radius 3 is 2.33 bits per heavy atom. The first-order valence-electron chi connectivity index (χ1n) is 5.90. The molecule has 0 aliphatic carbocycles. The van der Waals surface area contributed by atoms with E-state index in [-0.39, 0.29) is 18.3 Å². The molecule has 0 atom stereocenters. The molecule has 1 amide bonds. The summed E-state index contributed by atoms with van der Waals surface area (Å²) in [7, 11) is 3.89. The van der Waals surface area contributed by atoms with Crippen LogP contribution in [0, 0.1) is 5.82 Å². The molecule has 0 spiro atoms. The topological polar surface area (TPSA) is 49.6 Å². The Hall–Kier alpha value is -1.46. The maximum absolute atomic E-state index is 12.8. The molecular formula is C13H20FN3O. The fourth-order valence-electron chi connectivity index (χ4n) is 1.55. The number of nitrogens with zero attached hydrogens (tertiary/aromatic N) is 2. The van der Waals surface area contributed by atoms with E-state index in [0.717, 1.165) is 12.1 Å². The maximum Gasteiger partial charge on any atom is 0.236 e. The van der Waals surface area contributed by atoms with Gasteiger partial charge >= 0.3 is 0 Å². The Kier molecular flexibility index (Phi) is 5.74. The SMILES string of the molecule is CN(C)CCN(Cc1ccc(F)cc1)C(=O)CN. The number of benzene rings is 1. The molecule has 1 rings (SSSR count). The molecule has 0 fully saturated rings. The second kappa shape index (κ2) is 7.08. The molecule has 0 heterocycles. The summed E-state index contributed by atoms with van der Waals surface area (Å²) in [6, 6.07) is 6.16. The number of rotatable bonds is 6. The van der Waals surface area contributed by atoms with Crippen molar-refractivity contribution >= 4 is 5.91 Å². The Labute approximate surface area is 107 Å². The van der Waals surface area contributed by atoms with Gasteiger partial charge in [0.05, 0.1) is 6.54 Å². The van der Waals surface area contributed by atoms with Crippen molar-refractivity contribution in [2.45, 2.75) is 6.54 Å². The molecule has 0 aliphatic heterocycles. The molecule has 0 radical (unpaired) electrons. The van der Waals surface area contributed by atoms with Gasteiger partial charge in [-0.1, -0.05) is 12.1 Å². The maximum atomic E-state index is 12.8. The number of hydrogen-bond donors (Lipinski definition) is 1. The van der Waals surface area contributed by atoms with Crippen molar-refractivity contribution in [3.63, 3.8) is 0 Å². The van der Waals surface area contributed by atoms with Gasteiger partial charge in [-0.25, -0.2) is 4.39 Å². The normalized spacial score (nSPS) is 10.7. The molecule has 0 bridgehead atoms. The van der Waals surface area contributed by atoms with E-state index in [1.165, 1.54) is 12.1 Å². The van der Waals surface area contributed by atoms with E-state index in [0.29, 0.717) is 13.1 Å². The number of carbonyl (C=O) groups is 1. The zero-order valence-corrected chi connectivity index (χ0v) is 10.9. The number of carbonyl (C=O) groups excluding carboxylic acids is 1. The van der Waals surface area contributed by atoms with Crippen LogP contribution >= 0.6 is 0 Å². The molecule has 0 saturated heterocycles. The average molecular weight is 253 g/mol. The monoisotopic (exact) mass is 253 g/mol. The van der Waals surface area contributed by atoms with E-state index in [1.54, 1.807) is 17.0 Å². The predicted octanol–water partition coefficient (Wildman–Crippen LogP) is 0.675. The quantitative estimate of drug-likeness (QED) is 0.811. The third-order valence-corrected chi connectivity index (χ3v) is 2.63. The average Bonchev–Trinajstić information content (AvgIpc) is 2.35. The zero-order chi connectivity index (χ0) is 13.5. The molecule has 2 N–H and O–H groups in total. The number of likely N-dealkylation sites (N-methyl/N-ethyl adjacent to an activating group) is 1. The van der Waals surface area contributed by atoms with E-state index >= 15 is 0 Å². The van der Waals surface area contributed by atoms with Gasteiger partial charge in [0.2, 0.25) is 5.91 Å². The highest BCUT2D eigenvalue weighted by atomic mass is 19.1. The smallest absolute Gasteiger partial charge is 0.236 e. The number of hydrogen-bond acceptors (Lipinski definition) is 3. The first-order valence-corrected chi connectivity index (χ1v) is 5.90. The summed E-state index contributed by atoms with van der Waals surface area (Å²) >= 11 is 0. The first-order chi connectivity index (χ1) is 8.52. The molecule has 0 saturated carbocycles. The lowest BCUT2D eigenvalue weighted by Crippen LogP contribution is -2.39. The van der Waals surface area contributed by atoms with Crippen LogP contribution in [0.1, 0.15) is 5.56 Å². The van der Waals surface area contributed by atoms with Crippen molar-refractivity contribution < 1.29 is 9.18 Å². The fraction of sp³-hybridized carbons (Fsp3) is 0.462. The van der Waals surface area contributed by atoms with Gasteiger partial charge in [-0.3, -0.25) is 4.79 Å². The van der Waals surface area contributed by atoms with Crippen LogP contribution in [0.3, 0.4) is 0 Å². The summed E-state index contributed by atoms with van der Waals surface area (Å²) in [5.41, 5.74) is 6.29. The van der Waals surface area contributed by atoms with Gasteiger partial charge in [0.25, 0.3) is 0 Å². The van der Waals surface area contributed by atoms with Crippen molar-refractivity contribution in [1.29, 1.82) is 0 Å². The van der Waals surface area contributed by atoms with Crippen molar-refractivity contribution in [2.75, 3.05) is 33.7 Å². The van der Waals surface area contributed by atoms with E-state index in [4.69, 9.17) is 5.73 Å². The number of amides is 1. The summed E-state index contributed by atoms with van der Waals surface area (Å²) in [5, 5.41) is 0. The largest absolute Gasteiger partial charge is 0.336 e. The van der Waals surface area contributed by atoms with Gasteiger partial charge in [0.15, 0.2) is 0 Å². The molecule has 1 aromatic rings. The van der Waals surface area contributed by atoms with Crippen LogP contribution in [0.15, 0.2) is 24.3 Å². The van der Waals surface area contributed by atoms with Crippen LogP contribution in [-0.2, 0) is 11.3 Å². The standard InChI is InChI=1S/C13H20FN3O/c1-16(2)7-8-17(13(18)9-15)10-11-3-5-12(14)6-4-11/h3-6H,7-10,15H2,1-2H3. The molecule has 5 heteroatoms. The lowest BCUT2D eigenvalue weighted by Gasteiger charge is -2.24. The zero-order valence-electron chi connectivity index (χ0n) is 10.9. The lowest BCUT2D eigenvalue weighted by molar-refractivity contribution is -0.130. The fourth-order valence-corrected chi connectivity index (χ4v) is 1.55. The van der Waals surface area contributed by atoms with Crippen LogP contribution in [0.25, 0.3) is 0 Å². The minimum Gasteiger partial charge on any atom is -0.336 e. The molecule has 0 unspecified atom stereocenters. The molecule has 18 heavy (non-hydrogen) atoms. The summed E-state index contributed by atoms with van der Waals surface area (Å²) in [4.78, 5) is 15.4. The minimum absolute atomic E-state index is 0.00533. The molecule has 100 valence electrons. The lowest BCUT2D eigenvalue weighted by atomic mass is 10.2. The molecular weight excluding hydrogens is 233 g/mol. The van der Waals surface area contributed by atoms with E-state index in [2.05, 4.69) is 0 Å². The third kappa shape index (κ3) is 4.81. The molecule has 1 aromatic carbocycles. The Balaban J connectivity index is 2.65. The van der Waals surface area contributed by atoms with Crippen LogP contribution in [-0.4, -0.2) is 49.4 Å². The first kappa shape index (κ1) is 14.6. The van der Waals surface area contributed by atoms with Crippen LogP contribution in [0.4, 0.5) is 4.39 Å². The molecule has 0 aromatic heterocycles. The highest BCUT2D eigenvalue weighted by Gasteiger charge is 2.12. The van der Waals surface area contributed by atoms with Crippen LogP contribution in [0.2, 0.25) is 0 Å². The Bertz CT molecular complexity index is 378. The van der Waals surface area contributed by atoms with Gasteiger partial charge in [-0.05, 0) is 31.8 Å². The molecule has 4 nitrogen and oxygen atoms in total. The summed E-state index contributed by atoms with van der Waals surface area (Å²) in [6.07, 6.45) is 0. The van der Waals surface area contributed by atoms with Crippen molar-refractivity contribution in [3.8, 4) is 0 Å². The van der Waals surface area contributed by atoms with E-state index in [9.17, 15) is 9.18 Å². The van der Waals surface area contributed by atoms with Crippen LogP contribution in [0.5, 0.6) is 0 Å². The number of halogens is 1. The van der Waals surface area contributed by atoms with Crippen molar-refractivity contribution in [3.05, 3.63) is 35.6 Å². The number of nitrogens with two attached hydrogens (primary N) is 1. The molecule has 0 aliphatic rings. The van der Waals surface area contributed by atoms with Gasteiger partial charge in [-0.15, -0.1) is 0 Å². The highest BCUT2D eigenvalue weighted by Crippen LogP contribution is 2.06. The van der Waals surface area contributed by atoms with Crippen molar-refractivity contribution in [2.24, 2.45) is 5.73 Å². The minimum atomic E-state index is -0.274. The Morgan fingerprint density at radius 2 is 1.83 bits per heavy atom.